The number of esters is 1. The van der Waals surface area contributed by atoms with Crippen molar-refractivity contribution in [1.82, 2.24) is 4.90 Å². The molecule has 0 aromatic rings. The molecule has 4 N–H and O–H groups in total. The van der Waals surface area contributed by atoms with Crippen molar-refractivity contribution in [3.8, 4) is 0 Å². The highest BCUT2D eigenvalue weighted by molar-refractivity contribution is 5.70. The van der Waals surface area contributed by atoms with Gasteiger partial charge in [0.2, 0.25) is 0 Å². The summed E-state index contributed by atoms with van der Waals surface area (Å²) in [4.78, 5) is 26.7. The number of carbonyl (C=O) groups is 2. The standard InChI is InChI=1S/C36H61NO12/c1-20-17-24(15-16-38)32(33(44-9)26(40)18-27(41)45-21(2)13-11-10-12-14-25(20)39)49-35-30(42)29(37(7)8)31(22(3)47-35)48-28-19-36(5,6)34(43)23(4)46-28/h10-12,14,16,20-26,28-35,39-40,42-43H,13,15,17-19H2,1-9H3/b11-10-,14-12-/t20-,21-,22-,23-,24+,25+,26-,28-,29-,30-,31-,32+,33+,34-,35+/m1/s1. The highest BCUT2D eigenvalue weighted by Crippen LogP contribution is 2.39. The fraction of sp³-hybridized carbons (Fsp3) is 0.833. The Hall–Kier alpha value is -1.78. The molecule has 0 amide bonds. The fourth-order valence-electron chi connectivity index (χ4n) is 7.26. The third-order valence-corrected chi connectivity index (χ3v) is 10.1. The molecule has 2 fully saturated rings. The first kappa shape index (κ1) is 41.6. The van der Waals surface area contributed by atoms with Gasteiger partial charge >= 0.3 is 5.97 Å². The molecule has 3 heterocycles. The summed E-state index contributed by atoms with van der Waals surface area (Å²) in [6.07, 6.45) is -2.04. The Kier molecular flexibility index (Phi) is 15.8. The van der Waals surface area contributed by atoms with E-state index >= 15 is 0 Å². The van der Waals surface area contributed by atoms with Crippen molar-refractivity contribution < 1.29 is 58.4 Å². The quantitative estimate of drug-likeness (QED) is 0.215. The number of hydrogen-bond donors (Lipinski definition) is 4. The van der Waals surface area contributed by atoms with Gasteiger partial charge in [-0.05, 0) is 58.5 Å². The minimum absolute atomic E-state index is 0.0144. The second kappa shape index (κ2) is 18.6. The molecule has 0 saturated carbocycles. The number of nitrogens with zero attached hydrogens (tertiary/aromatic N) is 1. The van der Waals surface area contributed by atoms with Crippen LogP contribution < -0.4 is 0 Å². The lowest BCUT2D eigenvalue weighted by Gasteiger charge is -2.50. The van der Waals surface area contributed by atoms with E-state index in [-0.39, 0.29) is 18.8 Å². The highest BCUT2D eigenvalue weighted by atomic mass is 16.7. The molecule has 0 aromatic heterocycles. The molecule has 0 unspecified atom stereocenters. The van der Waals surface area contributed by atoms with Gasteiger partial charge < -0.3 is 58.5 Å². The average molecular weight is 700 g/mol. The van der Waals surface area contributed by atoms with Gasteiger partial charge in [0.15, 0.2) is 12.6 Å². The minimum Gasteiger partial charge on any atom is -0.462 e. The van der Waals surface area contributed by atoms with Gasteiger partial charge in [-0.15, -0.1) is 0 Å². The summed E-state index contributed by atoms with van der Waals surface area (Å²) in [5, 5.41) is 44.8. The van der Waals surface area contributed by atoms with Crippen LogP contribution in [0.5, 0.6) is 0 Å². The Labute approximate surface area is 291 Å². The molecule has 2 saturated heterocycles. The molecule has 0 aliphatic carbocycles. The largest absolute Gasteiger partial charge is 0.462 e. The zero-order valence-electron chi connectivity index (χ0n) is 30.6. The molecule has 0 radical (unpaired) electrons. The van der Waals surface area contributed by atoms with Crippen LogP contribution in [0.2, 0.25) is 0 Å². The molecule has 0 aromatic carbocycles. The molecule has 13 heteroatoms. The monoisotopic (exact) mass is 699 g/mol. The number of aliphatic hydroxyl groups is 4. The number of methoxy groups -OCH3 is 1. The normalized spacial score (nSPS) is 44.2. The van der Waals surface area contributed by atoms with Crippen molar-refractivity contribution in [2.75, 3.05) is 21.2 Å². The molecule has 3 rings (SSSR count). The van der Waals surface area contributed by atoms with Crippen LogP contribution in [0.25, 0.3) is 0 Å². The Morgan fingerprint density at radius 3 is 2.29 bits per heavy atom. The van der Waals surface area contributed by atoms with Crippen LogP contribution in [-0.4, -0.2) is 138 Å². The van der Waals surface area contributed by atoms with Gasteiger partial charge in [0.05, 0.1) is 49.1 Å². The van der Waals surface area contributed by atoms with Crippen molar-refractivity contribution in [2.45, 2.75) is 153 Å². The van der Waals surface area contributed by atoms with Gasteiger partial charge in [-0.3, -0.25) is 4.79 Å². The van der Waals surface area contributed by atoms with Gasteiger partial charge in [0, 0.05) is 26.4 Å². The summed E-state index contributed by atoms with van der Waals surface area (Å²) in [5.74, 6) is -1.58. The van der Waals surface area contributed by atoms with E-state index in [1.165, 1.54) is 7.11 Å². The first-order valence-electron chi connectivity index (χ1n) is 17.5. The lowest BCUT2D eigenvalue weighted by atomic mass is 9.78. The first-order chi connectivity index (χ1) is 23.0. The summed E-state index contributed by atoms with van der Waals surface area (Å²) >= 11 is 0. The molecule has 3 aliphatic heterocycles. The summed E-state index contributed by atoms with van der Waals surface area (Å²) < 4.78 is 36.6. The smallest absolute Gasteiger partial charge is 0.308 e. The van der Waals surface area contributed by atoms with Gasteiger partial charge in [-0.25, -0.2) is 0 Å². The molecule has 0 spiro atoms. The van der Waals surface area contributed by atoms with Crippen molar-refractivity contribution in [2.24, 2.45) is 17.3 Å². The van der Waals surface area contributed by atoms with Gasteiger partial charge in [-0.1, -0.05) is 45.1 Å². The van der Waals surface area contributed by atoms with E-state index in [4.69, 9.17) is 28.4 Å². The van der Waals surface area contributed by atoms with Crippen LogP contribution in [0, 0.1) is 17.3 Å². The van der Waals surface area contributed by atoms with E-state index in [2.05, 4.69) is 0 Å². The highest BCUT2D eigenvalue weighted by Gasteiger charge is 2.51. The van der Waals surface area contributed by atoms with E-state index in [1.807, 2.05) is 31.7 Å². The van der Waals surface area contributed by atoms with Crippen LogP contribution in [0.1, 0.15) is 73.6 Å². The maximum absolute atomic E-state index is 12.8. The van der Waals surface area contributed by atoms with Crippen molar-refractivity contribution in [3.05, 3.63) is 24.3 Å². The Morgan fingerprint density at radius 2 is 1.67 bits per heavy atom. The van der Waals surface area contributed by atoms with E-state index in [0.29, 0.717) is 12.8 Å². The summed E-state index contributed by atoms with van der Waals surface area (Å²) in [6, 6.07) is -0.639. The summed E-state index contributed by atoms with van der Waals surface area (Å²) in [5.41, 5.74) is -0.464. The molecule has 15 atom stereocenters. The molecule has 3 aliphatic rings. The number of rotatable bonds is 8. The number of hydrogen-bond acceptors (Lipinski definition) is 13. The van der Waals surface area contributed by atoms with Crippen LogP contribution >= 0.6 is 0 Å². The third-order valence-electron chi connectivity index (χ3n) is 10.1. The molecule has 282 valence electrons. The molecule has 13 nitrogen and oxygen atoms in total. The lowest BCUT2D eigenvalue weighted by Crippen LogP contribution is -2.65. The number of cyclic esters (lactones) is 1. The number of aliphatic hydroxyl groups excluding tert-OH is 4. The van der Waals surface area contributed by atoms with Crippen LogP contribution in [-0.2, 0) is 38.0 Å². The minimum atomic E-state index is -1.39. The molecular formula is C36H61NO12. The Morgan fingerprint density at radius 1 is 0.980 bits per heavy atom. The molecule has 49 heavy (non-hydrogen) atoms. The number of allylic oxidation sites excluding steroid dienone is 2. The summed E-state index contributed by atoms with van der Waals surface area (Å²) in [6.45, 7) is 11.1. The summed E-state index contributed by atoms with van der Waals surface area (Å²) in [7, 11) is 4.98. The third kappa shape index (κ3) is 11.1. The second-order valence-electron chi connectivity index (χ2n) is 15.0. The van der Waals surface area contributed by atoms with Crippen molar-refractivity contribution in [3.63, 3.8) is 0 Å². The maximum atomic E-state index is 12.8. The van der Waals surface area contributed by atoms with Crippen LogP contribution in [0.3, 0.4) is 0 Å². The lowest BCUT2D eigenvalue weighted by molar-refractivity contribution is -0.340. The Balaban J connectivity index is 1.94. The van der Waals surface area contributed by atoms with Gasteiger partial charge in [-0.2, -0.15) is 0 Å². The van der Waals surface area contributed by atoms with Crippen molar-refractivity contribution in [1.29, 1.82) is 0 Å². The predicted molar refractivity (Wildman–Crippen MR) is 180 cm³/mol. The number of ether oxygens (including phenoxy) is 6. The van der Waals surface area contributed by atoms with E-state index in [1.54, 1.807) is 53.1 Å². The topological polar surface area (TPSA) is 174 Å². The van der Waals surface area contributed by atoms with Crippen LogP contribution in [0.15, 0.2) is 24.3 Å². The van der Waals surface area contributed by atoms with E-state index in [9.17, 15) is 30.0 Å². The number of likely N-dealkylation sites (N-methyl/N-ethyl adjacent to an activating group) is 1. The second-order valence-corrected chi connectivity index (χ2v) is 15.0. The SMILES string of the molecule is CO[C@@H]1[C@@H](O[C@@H]2O[C@H](C)[C@@H](O[C@@H]3CC(C)(C)[C@H](O)[C@@H](C)O3)[C@H](N(C)C)[C@H]2O)[C@@H](CC=O)C[C@@H](C)[C@@H](O)/C=C\C=C/C[C@@H](C)OC(=O)C[C@H]1O. The van der Waals surface area contributed by atoms with Gasteiger partial charge in [0.1, 0.15) is 30.7 Å². The Bertz CT molecular complexity index is 1100. The van der Waals surface area contributed by atoms with Gasteiger partial charge in [0.25, 0.3) is 0 Å². The number of aldehydes is 1. The average Bonchev–Trinajstić information content (AvgIpc) is 3.00. The van der Waals surface area contributed by atoms with Crippen molar-refractivity contribution >= 4 is 12.3 Å². The zero-order chi connectivity index (χ0) is 36.6. The van der Waals surface area contributed by atoms with E-state index < -0.39 is 103 Å². The zero-order valence-corrected chi connectivity index (χ0v) is 30.6. The number of carbonyl (C=O) groups excluding carboxylic acids is 2. The predicted octanol–water partition coefficient (Wildman–Crippen LogP) is 2.12. The maximum Gasteiger partial charge on any atom is 0.308 e. The molecule has 0 bridgehead atoms. The first-order valence-corrected chi connectivity index (χ1v) is 17.5. The fourth-order valence-corrected chi connectivity index (χ4v) is 7.26. The van der Waals surface area contributed by atoms with Crippen LogP contribution in [0.4, 0.5) is 0 Å². The molecular weight excluding hydrogens is 638 g/mol. The van der Waals surface area contributed by atoms with E-state index in [0.717, 1.165) is 6.29 Å².